The maximum atomic E-state index is 13.7. The van der Waals surface area contributed by atoms with E-state index in [1.54, 1.807) is 18.2 Å². The molecule has 1 aliphatic rings. The molecule has 1 amide bonds. The maximum absolute atomic E-state index is 13.7. The van der Waals surface area contributed by atoms with Crippen molar-refractivity contribution in [2.24, 2.45) is 5.92 Å². The van der Waals surface area contributed by atoms with Gasteiger partial charge in [0.05, 0.1) is 5.69 Å². The van der Waals surface area contributed by atoms with Crippen LogP contribution < -0.4 is 10.2 Å². The average Bonchev–Trinajstić information content (AvgIpc) is 3.02. The summed E-state index contributed by atoms with van der Waals surface area (Å²) in [4.78, 5) is 13.4. The molecule has 1 fully saturated rings. The van der Waals surface area contributed by atoms with E-state index in [4.69, 9.17) is 0 Å². The van der Waals surface area contributed by atoms with Crippen molar-refractivity contribution in [1.29, 1.82) is 0 Å². The number of halogens is 5. The predicted octanol–water partition coefficient (Wildman–Crippen LogP) is 2.69. The first kappa shape index (κ1) is 19.4. The Balaban J connectivity index is 1.69. The van der Waals surface area contributed by atoms with Crippen LogP contribution in [0.5, 0.6) is 0 Å². The molecule has 0 bridgehead atoms. The van der Waals surface area contributed by atoms with Gasteiger partial charge in [0.15, 0.2) is 0 Å². The highest BCUT2D eigenvalue weighted by molar-refractivity contribution is 5.77. The van der Waals surface area contributed by atoms with Crippen LogP contribution in [0.25, 0.3) is 0 Å². The smallest absolute Gasteiger partial charge is 0.330 e. The van der Waals surface area contributed by atoms with Crippen molar-refractivity contribution in [3.8, 4) is 0 Å². The van der Waals surface area contributed by atoms with Crippen molar-refractivity contribution in [2.45, 2.75) is 18.8 Å². The van der Waals surface area contributed by atoms with Crippen molar-refractivity contribution >= 4 is 11.6 Å². The number of nitrogens with zero attached hydrogens (tertiary/aromatic N) is 1. The summed E-state index contributed by atoms with van der Waals surface area (Å²) in [6, 6.07) is 6.38. The Labute approximate surface area is 141 Å². The summed E-state index contributed by atoms with van der Waals surface area (Å²) in [5.41, 5.74) is 0.494. The SMILES string of the molecule is O=C(COCC(F)(F)C(F)F)NC[C@H]1CCN(c2ccccc2F)C1. The molecule has 1 aliphatic heterocycles. The summed E-state index contributed by atoms with van der Waals surface area (Å²) in [5.74, 6) is -5.17. The molecule has 1 N–H and O–H groups in total. The number of anilines is 1. The lowest BCUT2D eigenvalue weighted by Crippen LogP contribution is -2.37. The Morgan fingerprint density at radius 1 is 1.36 bits per heavy atom. The number of hydrogen-bond acceptors (Lipinski definition) is 3. The van der Waals surface area contributed by atoms with Gasteiger partial charge in [-0.2, -0.15) is 8.78 Å². The summed E-state index contributed by atoms with van der Waals surface area (Å²) in [7, 11) is 0. The van der Waals surface area contributed by atoms with Gasteiger partial charge in [-0.3, -0.25) is 4.79 Å². The quantitative estimate of drug-likeness (QED) is 0.720. The molecule has 0 spiro atoms. The molecule has 0 unspecified atom stereocenters. The molecule has 1 aromatic carbocycles. The average molecular weight is 366 g/mol. The van der Waals surface area contributed by atoms with Crippen molar-refractivity contribution in [3.63, 3.8) is 0 Å². The Morgan fingerprint density at radius 2 is 2.08 bits per heavy atom. The molecular weight excluding hydrogens is 347 g/mol. The van der Waals surface area contributed by atoms with Gasteiger partial charge in [-0.05, 0) is 24.5 Å². The maximum Gasteiger partial charge on any atom is 0.330 e. The van der Waals surface area contributed by atoms with Gasteiger partial charge in [0.2, 0.25) is 5.91 Å². The number of para-hydroxylation sites is 1. The normalized spacial score (nSPS) is 18.0. The summed E-state index contributed by atoms with van der Waals surface area (Å²) < 4.78 is 67.2. The lowest BCUT2D eigenvalue weighted by atomic mass is 10.1. The van der Waals surface area contributed by atoms with E-state index in [1.807, 2.05) is 4.90 Å². The summed E-state index contributed by atoms with van der Waals surface area (Å²) in [5, 5.41) is 2.51. The van der Waals surface area contributed by atoms with Crippen molar-refractivity contribution in [3.05, 3.63) is 30.1 Å². The Bertz CT molecular complexity index is 585. The van der Waals surface area contributed by atoms with Crippen LogP contribution in [0.2, 0.25) is 0 Å². The van der Waals surface area contributed by atoms with E-state index in [-0.39, 0.29) is 18.3 Å². The standard InChI is InChI=1S/C16H19F5N2O2/c17-12-3-1-2-4-13(12)23-6-5-11(8-23)7-22-14(24)9-25-10-16(20,21)15(18)19/h1-4,11,15H,5-10H2,(H,22,24)/t11-/m1/s1. The van der Waals surface area contributed by atoms with Crippen LogP contribution in [0.4, 0.5) is 27.6 Å². The molecule has 1 aromatic rings. The van der Waals surface area contributed by atoms with Gasteiger partial charge in [0.25, 0.3) is 0 Å². The van der Waals surface area contributed by atoms with Gasteiger partial charge in [-0.25, -0.2) is 13.2 Å². The topological polar surface area (TPSA) is 41.6 Å². The van der Waals surface area contributed by atoms with Crippen molar-refractivity contribution in [1.82, 2.24) is 5.32 Å². The third-order valence-electron chi connectivity index (χ3n) is 3.91. The zero-order valence-electron chi connectivity index (χ0n) is 13.4. The first-order valence-corrected chi connectivity index (χ1v) is 7.79. The molecule has 0 aromatic heterocycles. The second kappa shape index (κ2) is 8.46. The summed E-state index contributed by atoms with van der Waals surface area (Å²) >= 11 is 0. The fraction of sp³-hybridized carbons (Fsp3) is 0.562. The molecular formula is C16H19F5N2O2. The number of carbonyl (C=O) groups excluding carboxylic acids is 1. The fourth-order valence-corrected chi connectivity index (χ4v) is 2.58. The molecule has 0 saturated carbocycles. The Hall–Kier alpha value is -1.90. The molecule has 25 heavy (non-hydrogen) atoms. The first-order valence-electron chi connectivity index (χ1n) is 7.79. The second-order valence-corrected chi connectivity index (χ2v) is 5.91. The zero-order chi connectivity index (χ0) is 18.4. The van der Waals surface area contributed by atoms with Gasteiger partial charge in [0.1, 0.15) is 19.0 Å². The highest BCUT2D eigenvalue weighted by Crippen LogP contribution is 2.26. The monoisotopic (exact) mass is 366 g/mol. The van der Waals surface area contributed by atoms with Gasteiger partial charge >= 0.3 is 12.3 Å². The van der Waals surface area contributed by atoms with Crippen LogP contribution in [-0.4, -0.2) is 51.1 Å². The van der Waals surface area contributed by atoms with E-state index < -0.39 is 31.5 Å². The molecule has 4 nitrogen and oxygen atoms in total. The third kappa shape index (κ3) is 5.55. The largest absolute Gasteiger partial charge is 0.369 e. The fourth-order valence-electron chi connectivity index (χ4n) is 2.58. The highest BCUT2D eigenvalue weighted by Gasteiger charge is 2.41. The molecule has 0 radical (unpaired) electrons. The number of benzene rings is 1. The lowest BCUT2D eigenvalue weighted by molar-refractivity contribution is -0.168. The van der Waals surface area contributed by atoms with Crippen LogP contribution >= 0.6 is 0 Å². The molecule has 0 aliphatic carbocycles. The van der Waals surface area contributed by atoms with Crippen molar-refractivity contribution < 1.29 is 31.5 Å². The minimum Gasteiger partial charge on any atom is -0.369 e. The molecule has 1 heterocycles. The number of alkyl halides is 4. The van der Waals surface area contributed by atoms with Gasteiger partial charge in [0, 0.05) is 19.6 Å². The van der Waals surface area contributed by atoms with E-state index in [9.17, 15) is 26.7 Å². The van der Waals surface area contributed by atoms with Crippen LogP contribution in [-0.2, 0) is 9.53 Å². The number of rotatable bonds is 8. The van der Waals surface area contributed by atoms with E-state index in [0.29, 0.717) is 18.8 Å². The number of carbonyl (C=O) groups is 1. The molecule has 9 heteroatoms. The van der Waals surface area contributed by atoms with Crippen LogP contribution in [0.1, 0.15) is 6.42 Å². The highest BCUT2D eigenvalue weighted by atomic mass is 19.3. The third-order valence-corrected chi connectivity index (χ3v) is 3.91. The van der Waals surface area contributed by atoms with Gasteiger partial charge in [-0.1, -0.05) is 12.1 Å². The predicted molar refractivity (Wildman–Crippen MR) is 81.5 cm³/mol. The van der Waals surface area contributed by atoms with Crippen molar-refractivity contribution in [2.75, 3.05) is 37.7 Å². The lowest BCUT2D eigenvalue weighted by Gasteiger charge is -2.19. The number of hydrogen-bond donors (Lipinski definition) is 1. The Kier molecular flexibility index (Phi) is 6.57. The minimum absolute atomic E-state index is 0.0751. The van der Waals surface area contributed by atoms with E-state index in [1.165, 1.54) is 6.07 Å². The molecule has 1 saturated heterocycles. The van der Waals surface area contributed by atoms with Gasteiger partial charge < -0.3 is 15.0 Å². The minimum atomic E-state index is -4.27. The number of nitrogens with one attached hydrogen (secondary N) is 1. The second-order valence-electron chi connectivity index (χ2n) is 5.91. The summed E-state index contributed by atoms with van der Waals surface area (Å²) in [6.07, 6.45) is -3.10. The molecule has 2 rings (SSSR count). The molecule has 140 valence electrons. The van der Waals surface area contributed by atoms with Crippen LogP contribution in [0, 0.1) is 11.7 Å². The van der Waals surface area contributed by atoms with Crippen LogP contribution in [0.15, 0.2) is 24.3 Å². The molecule has 1 atom stereocenters. The van der Waals surface area contributed by atoms with E-state index >= 15 is 0 Å². The number of amides is 1. The van der Waals surface area contributed by atoms with E-state index in [2.05, 4.69) is 10.1 Å². The van der Waals surface area contributed by atoms with Crippen LogP contribution in [0.3, 0.4) is 0 Å². The Morgan fingerprint density at radius 3 is 2.76 bits per heavy atom. The first-order chi connectivity index (χ1) is 11.8. The summed E-state index contributed by atoms with van der Waals surface area (Å²) in [6.45, 7) is -0.767. The van der Waals surface area contributed by atoms with E-state index in [0.717, 1.165) is 6.42 Å². The zero-order valence-corrected chi connectivity index (χ0v) is 13.4. The van der Waals surface area contributed by atoms with Gasteiger partial charge in [-0.15, -0.1) is 0 Å². The number of ether oxygens (including phenoxy) is 1.